The maximum absolute atomic E-state index is 10.6. The van der Waals surface area contributed by atoms with Crippen molar-refractivity contribution in [1.29, 1.82) is 0 Å². The number of rotatable bonds is 1. The topological polar surface area (TPSA) is 57.5 Å². The molecule has 5 heteroatoms. The highest BCUT2D eigenvalue weighted by molar-refractivity contribution is 9.13. The third-order valence-electron chi connectivity index (χ3n) is 1.29. The average molecular weight is 296 g/mol. The van der Waals surface area contributed by atoms with Crippen LogP contribution in [0.1, 0.15) is 10.4 Å². The van der Waals surface area contributed by atoms with Gasteiger partial charge >= 0.3 is 5.97 Å². The van der Waals surface area contributed by atoms with E-state index in [-0.39, 0.29) is 11.3 Å². The molecule has 0 saturated heterocycles. The van der Waals surface area contributed by atoms with Crippen LogP contribution in [0, 0.1) is 0 Å². The molecule has 64 valence electrons. The van der Waals surface area contributed by atoms with E-state index < -0.39 is 5.97 Å². The zero-order valence-corrected chi connectivity index (χ0v) is 8.89. The minimum absolute atomic E-state index is 0.00637. The number of phenolic OH excluding ortho intramolecular Hbond substituents is 1. The van der Waals surface area contributed by atoms with Gasteiger partial charge in [-0.25, -0.2) is 4.79 Å². The van der Waals surface area contributed by atoms with Gasteiger partial charge in [0.15, 0.2) is 0 Å². The summed E-state index contributed by atoms with van der Waals surface area (Å²) in [5.41, 5.74) is 0.111. The fraction of sp³-hybridized carbons (Fsp3) is 0. The minimum Gasteiger partial charge on any atom is -0.507 e. The summed E-state index contributed by atoms with van der Waals surface area (Å²) >= 11 is 6.08. The van der Waals surface area contributed by atoms with Gasteiger partial charge in [-0.05, 0) is 44.0 Å². The molecule has 0 amide bonds. The average Bonchev–Trinajstić information content (AvgIpc) is 2.00. The Morgan fingerprint density at radius 1 is 1.25 bits per heavy atom. The Kier molecular flexibility index (Phi) is 2.74. The summed E-state index contributed by atoms with van der Waals surface area (Å²) in [6.07, 6.45) is 0. The van der Waals surface area contributed by atoms with Crippen LogP contribution in [-0.2, 0) is 0 Å². The molecular weight excluding hydrogens is 292 g/mol. The number of carboxylic acids is 1. The third kappa shape index (κ3) is 1.61. The lowest BCUT2D eigenvalue weighted by atomic mass is 10.2. The number of aromatic hydroxyl groups is 1. The van der Waals surface area contributed by atoms with Gasteiger partial charge in [-0.3, -0.25) is 0 Å². The van der Waals surface area contributed by atoms with Crippen LogP contribution in [0.15, 0.2) is 21.1 Å². The Hall–Kier alpha value is -0.550. The predicted molar refractivity (Wildman–Crippen MR) is 50.5 cm³/mol. The Morgan fingerprint density at radius 3 is 2.33 bits per heavy atom. The van der Waals surface area contributed by atoms with Crippen molar-refractivity contribution in [3.05, 3.63) is 26.6 Å². The summed E-state index contributed by atoms with van der Waals surface area (Å²) in [6.45, 7) is 0. The van der Waals surface area contributed by atoms with Crippen molar-refractivity contribution < 1.29 is 15.0 Å². The molecule has 0 fully saturated rings. The Morgan fingerprint density at radius 2 is 1.83 bits per heavy atom. The van der Waals surface area contributed by atoms with Gasteiger partial charge in [0, 0.05) is 4.47 Å². The van der Waals surface area contributed by atoms with Gasteiger partial charge in [0.25, 0.3) is 0 Å². The molecule has 12 heavy (non-hydrogen) atoms. The number of halogens is 2. The molecule has 0 unspecified atom stereocenters. The molecule has 0 aliphatic rings. The van der Waals surface area contributed by atoms with Crippen molar-refractivity contribution in [2.45, 2.75) is 0 Å². The van der Waals surface area contributed by atoms with Gasteiger partial charge in [-0.2, -0.15) is 0 Å². The van der Waals surface area contributed by atoms with Crippen LogP contribution in [0.3, 0.4) is 0 Å². The van der Waals surface area contributed by atoms with Gasteiger partial charge in [0.1, 0.15) is 5.75 Å². The largest absolute Gasteiger partial charge is 0.507 e. The highest BCUT2D eigenvalue weighted by Gasteiger charge is 2.12. The maximum atomic E-state index is 10.6. The molecule has 2 N–H and O–H groups in total. The molecule has 0 bridgehead atoms. The van der Waals surface area contributed by atoms with E-state index in [9.17, 15) is 4.79 Å². The first-order valence-electron chi connectivity index (χ1n) is 2.94. The number of aromatic carboxylic acids is 1. The Balaban J connectivity index is 3.36. The van der Waals surface area contributed by atoms with E-state index in [1.807, 2.05) is 0 Å². The highest BCUT2D eigenvalue weighted by Crippen LogP contribution is 2.34. The summed E-state index contributed by atoms with van der Waals surface area (Å²) < 4.78 is 0.692. The van der Waals surface area contributed by atoms with Gasteiger partial charge < -0.3 is 10.2 Å². The minimum atomic E-state index is -1.04. The lowest BCUT2D eigenvalue weighted by Gasteiger charge is -2.02. The second kappa shape index (κ2) is 3.45. The molecule has 0 saturated carbocycles. The quantitative estimate of drug-likeness (QED) is 0.837. The number of carboxylic acid groups (broad SMARTS) is 1. The number of phenols is 1. The van der Waals surface area contributed by atoms with Gasteiger partial charge in [0.2, 0.25) is 0 Å². The fourth-order valence-electron chi connectivity index (χ4n) is 0.704. The number of hydrogen-bond acceptors (Lipinski definition) is 2. The molecule has 3 nitrogen and oxygen atoms in total. The second-order valence-electron chi connectivity index (χ2n) is 2.07. The summed E-state index contributed by atoms with van der Waals surface area (Å²) in [7, 11) is 0. The molecule has 0 heterocycles. The predicted octanol–water partition coefficient (Wildman–Crippen LogP) is 2.62. The summed E-state index contributed by atoms with van der Waals surface area (Å²) in [5.74, 6) is -1.03. The zero-order chi connectivity index (χ0) is 9.30. The lowest BCUT2D eigenvalue weighted by Crippen LogP contribution is -1.97. The molecular formula is C7H4Br2O3. The van der Waals surface area contributed by atoms with Crippen molar-refractivity contribution in [1.82, 2.24) is 0 Å². The molecule has 0 atom stereocenters. The summed E-state index contributed by atoms with van der Waals surface area (Å²) in [5, 5.41) is 17.8. The lowest BCUT2D eigenvalue weighted by molar-refractivity contribution is 0.0696. The van der Waals surface area contributed by atoms with Crippen molar-refractivity contribution in [3.63, 3.8) is 0 Å². The first-order chi connectivity index (χ1) is 5.54. The number of carbonyl (C=O) groups is 1. The molecule has 0 radical (unpaired) electrons. The fourth-order valence-corrected chi connectivity index (χ4v) is 1.56. The molecule has 1 rings (SSSR count). The molecule has 0 aromatic heterocycles. The monoisotopic (exact) mass is 294 g/mol. The SMILES string of the molecule is O=C(O)c1ccc(O)c(Br)c1Br. The van der Waals surface area contributed by atoms with Gasteiger partial charge in [-0.15, -0.1) is 0 Å². The van der Waals surface area contributed by atoms with E-state index in [1.54, 1.807) is 0 Å². The van der Waals surface area contributed by atoms with Crippen LogP contribution in [0.5, 0.6) is 5.75 Å². The highest BCUT2D eigenvalue weighted by atomic mass is 79.9. The summed E-state index contributed by atoms with van der Waals surface area (Å²) in [4.78, 5) is 10.6. The van der Waals surface area contributed by atoms with Crippen LogP contribution in [-0.4, -0.2) is 16.2 Å². The van der Waals surface area contributed by atoms with E-state index in [0.717, 1.165) is 0 Å². The van der Waals surface area contributed by atoms with Gasteiger partial charge in [-0.1, -0.05) is 0 Å². The number of hydrogen-bond donors (Lipinski definition) is 2. The molecule has 0 spiro atoms. The smallest absolute Gasteiger partial charge is 0.336 e. The normalized spacial score (nSPS) is 9.83. The molecule has 1 aromatic carbocycles. The molecule has 0 aliphatic carbocycles. The van der Waals surface area contributed by atoms with E-state index in [0.29, 0.717) is 8.95 Å². The molecule has 0 aliphatic heterocycles. The van der Waals surface area contributed by atoms with Crippen molar-refractivity contribution in [3.8, 4) is 5.75 Å². The van der Waals surface area contributed by atoms with Crippen LogP contribution in [0.25, 0.3) is 0 Å². The standard InChI is InChI=1S/C7H4Br2O3/c8-5-3(7(11)12)1-2-4(10)6(5)9/h1-2,10H,(H,11,12). The van der Waals surface area contributed by atoms with Crippen LogP contribution in [0.2, 0.25) is 0 Å². The number of benzene rings is 1. The molecule has 1 aromatic rings. The Bertz CT molecular complexity index is 336. The van der Waals surface area contributed by atoms with Crippen molar-refractivity contribution >= 4 is 37.8 Å². The van der Waals surface area contributed by atoms with E-state index >= 15 is 0 Å². The van der Waals surface area contributed by atoms with Crippen molar-refractivity contribution in [2.75, 3.05) is 0 Å². The van der Waals surface area contributed by atoms with Crippen molar-refractivity contribution in [2.24, 2.45) is 0 Å². The van der Waals surface area contributed by atoms with Crippen LogP contribution < -0.4 is 0 Å². The Labute approximate surface area is 85.3 Å². The second-order valence-corrected chi connectivity index (χ2v) is 3.65. The first-order valence-corrected chi connectivity index (χ1v) is 4.53. The maximum Gasteiger partial charge on any atom is 0.336 e. The zero-order valence-electron chi connectivity index (χ0n) is 5.71. The summed E-state index contributed by atoms with van der Waals surface area (Å²) in [6, 6.07) is 2.64. The van der Waals surface area contributed by atoms with Crippen LogP contribution in [0.4, 0.5) is 0 Å². The first kappa shape index (κ1) is 9.54. The van der Waals surface area contributed by atoms with Crippen LogP contribution >= 0.6 is 31.9 Å². The van der Waals surface area contributed by atoms with E-state index in [2.05, 4.69) is 31.9 Å². The van der Waals surface area contributed by atoms with Gasteiger partial charge in [0.05, 0.1) is 10.0 Å². The van der Waals surface area contributed by atoms with E-state index in [1.165, 1.54) is 12.1 Å². The third-order valence-corrected chi connectivity index (χ3v) is 3.45. The van der Waals surface area contributed by atoms with E-state index in [4.69, 9.17) is 10.2 Å².